The molecular formula is C22H27N5O2. The maximum absolute atomic E-state index is 12.9. The highest BCUT2D eigenvalue weighted by atomic mass is 16.2. The largest absolute Gasteiger partial charge is 0.339 e. The van der Waals surface area contributed by atoms with Gasteiger partial charge in [-0.1, -0.05) is 12.8 Å². The van der Waals surface area contributed by atoms with Crippen LogP contribution in [0.1, 0.15) is 46.4 Å². The van der Waals surface area contributed by atoms with Crippen LogP contribution in [0.15, 0.2) is 42.7 Å². The monoisotopic (exact) mass is 393 g/mol. The molecule has 29 heavy (non-hydrogen) atoms. The zero-order chi connectivity index (χ0) is 20.1. The van der Waals surface area contributed by atoms with E-state index in [1.54, 1.807) is 42.7 Å². The molecule has 7 nitrogen and oxygen atoms in total. The van der Waals surface area contributed by atoms with Crippen molar-refractivity contribution in [2.45, 2.75) is 25.7 Å². The molecule has 1 aromatic carbocycles. The molecule has 2 amide bonds. The fourth-order valence-electron chi connectivity index (χ4n) is 3.96. The summed E-state index contributed by atoms with van der Waals surface area (Å²) in [4.78, 5) is 40.0. The third-order valence-corrected chi connectivity index (χ3v) is 5.67. The van der Waals surface area contributed by atoms with E-state index in [0.717, 1.165) is 25.9 Å². The highest BCUT2D eigenvalue weighted by Gasteiger charge is 2.24. The molecule has 0 unspecified atom stereocenters. The summed E-state index contributed by atoms with van der Waals surface area (Å²) in [6.45, 7) is 4.34. The van der Waals surface area contributed by atoms with Gasteiger partial charge >= 0.3 is 0 Å². The first kappa shape index (κ1) is 19.4. The molecule has 2 aromatic rings. The molecule has 2 aliphatic rings. The Labute approximate surface area is 171 Å². The zero-order valence-electron chi connectivity index (χ0n) is 16.7. The van der Waals surface area contributed by atoms with Gasteiger partial charge in [0.2, 0.25) is 5.95 Å². The summed E-state index contributed by atoms with van der Waals surface area (Å²) in [5.74, 6) is 0.783. The molecule has 3 heterocycles. The molecule has 0 atom stereocenters. The molecule has 152 valence electrons. The molecule has 0 spiro atoms. The van der Waals surface area contributed by atoms with Crippen molar-refractivity contribution in [3.05, 3.63) is 53.9 Å². The highest BCUT2D eigenvalue weighted by molar-refractivity contribution is 5.98. The molecule has 0 bridgehead atoms. The number of rotatable bonds is 3. The minimum atomic E-state index is 0.00685. The maximum Gasteiger partial charge on any atom is 0.253 e. The van der Waals surface area contributed by atoms with Gasteiger partial charge < -0.3 is 14.7 Å². The molecule has 0 N–H and O–H groups in total. The summed E-state index contributed by atoms with van der Waals surface area (Å²) in [5.41, 5.74) is 1.29. The molecule has 1 aromatic heterocycles. The second kappa shape index (κ2) is 9.03. The summed E-state index contributed by atoms with van der Waals surface area (Å²) < 4.78 is 0. The van der Waals surface area contributed by atoms with Crippen molar-refractivity contribution < 1.29 is 9.59 Å². The lowest BCUT2D eigenvalue weighted by Crippen LogP contribution is -2.49. The normalized spacial score (nSPS) is 17.7. The van der Waals surface area contributed by atoms with E-state index >= 15 is 0 Å². The van der Waals surface area contributed by atoms with Gasteiger partial charge in [0.05, 0.1) is 0 Å². The van der Waals surface area contributed by atoms with E-state index in [1.807, 2.05) is 9.80 Å². The molecule has 0 aliphatic carbocycles. The van der Waals surface area contributed by atoms with Gasteiger partial charge in [-0.3, -0.25) is 9.59 Å². The van der Waals surface area contributed by atoms with E-state index in [2.05, 4.69) is 14.9 Å². The first-order valence-corrected chi connectivity index (χ1v) is 10.4. The van der Waals surface area contributed by atoms with E-state index in [9.17, 15) is 9.59 Å². The van der Waals surface area contributed by atoms with Gasteiger partial charge in [-0.2, -0.15) is 0 Å². The van der Waals surface area contributed by atoms with Gasteiger partial charge in [-0.05, 0) is 43.2 Å². The van der Waals surface area contributed by atoms with Crippen LogP contribution in [-0.2, 0) is 0 Å². The van der Waals surface area contributed by atoms with E-state index < -0.39 is 0 Å². The van der Waals surface area contributed by atoms with Crippen molar-refractivity contribution in [1.29, 1.82) is 0 Å². The Morgan fingerprint density at radius 2 is 1.14 bits per heavy atom. The van der Waals surface area contributed by atoms with Crippen LogP contribution in [0.4, 0.5) is 5.95 Å². The third-order valence-electron chi connectivity index (χ3n) is 5.67. The molecule has 4 rings (SSSR count). The number of piperazine rings is 1. The van der Waals surface area contributed by atoms with Crippen LogP contribution >= 0.6 is 0 Å². The fourth-order valence-corrected chi connectivity index (χ4v) is 3.96. The second-order valence-corrected chi connectivity index (χ2v) is 7.61. The Kier molecular flexibility index (Phi) is 6.03. The van der Waals surface area contributed by atoms with Crippen LogP contribution in [-0.4, -0.2) is 70.9 Å². The number of anilines is 1. The van der Waals surface area contributed by atoms with Crippen LogP contribution in [0.25, 0.3) is 0 Å². The summed E-state index contributed by atoms with van der Waals surface area (Å²) in [6.07, 6.45) is 8.00. The van der Waals surface area contributed by atoms with Crippen LogP contribution in [0, 0.1) is 0 Å². The minimum Gasteiger partial charge on any atom is -0.339 e. The SMILES string of the molecule is O=C(c1ccc(C(=O)N2CCN(c3ncccn3)CC2)cc1)N1CCCCCC1. The van der Waals surface area contributed by atoms with Gasteiger partial charge in [0.15, 0.2) is 0 Å². The van der Waals surface area contributed by atoms with E-state index in [4.69, 9.17) is 0 Å². The number of hydrogen-bond acceptors (Lipinski definition) is 5. The van der Waals surface area contributed by atoms with Crippen molar-refractivity contribution in [3.63, 3.8) is 0 Å². The highest BCUT2D eigenvalue weighted by Crippen LogP contribution is 2.16. The van der Waals surface area contributed by atoms with Gasteiger partial charge in [0, 0.05) is 62.8 Å². The van der Waals surface area contributed by atoms with Gasteiger partial charge in [-0.15, -0.1) is 0 Å². The Morgan fingerprint density at radius 3 is 1.66 bits per heavy atom. The number of likely N-dealkylation sites (tertiary alicyclic amines) is 1. The fraction of sp³-hybridized carbons (Fsp3) is 0.455. The quantitative estimate of drug-likeness (QED) is 0.801. The summed E-state index contributed by atoms with van der Waals surface area (Å²) in [7, 11) is 0. The Morgan fingerprint density at radius 1 is 0.655 bits per heavy atom. The zero-order valence-corrected chi connectivity index (χ0v) is 16.7. The van der Waals surface area contributed by atoms with Crippen LogP contribution in [0.2, 0.25) is 0 Å². The second-order valence-electron chi connectivity index (χ2n) is 7.61. The van der Waals surface area contributed by atoms with Crippen molar-refractivity contribution in [1.82, 2.24) is 19.8 Å². The summed E-state index contributed by atoms with van der Waals surface area (Å²) >= 11 is 0. The summed E-state index contributed by atoms with van der Waals surface area (Å²) in [5, 5.41) is 0. The van der Waals surface area contributed by atoms with Gasteiger partial charge in [0.1, 0.15) is 0 Å². The number of carbonyl (C=O) groups excluding carboxylic acids is 2. The van der Waals surface area contributed by atoms with Gasteiger partial charge in [-0.25, -0.2) is 9.97 Å². The average molecular weight is 393 g/mol. The van der Waals surface area contributed by atoms with Crippen molar-refractivity contribution in [3.8, 4) is 0 Å². The van der Waals surface area contributed by atoms with Crippen LogP contribution in [0.5, 0.6) is 0 Å². The van der Waals surface area contributed by atoms with Crippen molar-refractivity contribution in [2.75, 3.05) is 44.2 Å². The average Bonchev–Trinajstić information content (AvgIpc) is 3.09. The lowest BCUT2D eigenvalue weighted by Gasteiger charge is -2.34. The van der Waals surface area contributed by atoms with E-state index in [1.165, 1.54) is 12.8 Å². The topological polar surface area (TPSA) is 69.6 Å². The molecule has 7 heteroatoms. The smallest absolute Gasteiger partial charge is 0.253 e. The molecule has 2 saturated heterocycles. The van der Waals surface area contributed by atoms with Crippen molar-refractivity contribution in [2.24, 2.45) is 0 Å². The lowest BCUT2D eigenvalue weighted by atomic mass is 10.1. The predicted molar refractivity (Wildman–Crippen MR) is 111 cm³/mol. The first-order valence-electron chi connectivity index (χ1n) is 10.4. The number of amides is 2. The number of aromatic nitrogens is 2. The van der Waals surface area contributed by atoms with Crippen LogP contribution in [0.3, 0.4) is 0 Å². The predicted octanol–water partition coefficient (Wildman–Crippen LogP) is 2.46. The van der Waals surface area contributed by atoms with E-state index in [-0.39, 0.29) is 11.8 Å². The maximum atomic E-state index is 12.9. The Hall–Kier alpha value is -2.96. The number of benzene rings is 1. The molecule has 2 aliphatic heterocycles. The Bertz CT molecular complexity index is 824. The first-order chi connectivity index (χ1) is 14.2. The minimum absolute atomic E-state index is 0.00685. The summed E-state index contributed by atoms with van der Waals surface area (Å²) in [6, 6.07) is 8.92. The number of nitrogens with zero attached hydrogens (tertiary/aromatic N) is 5. The Balaban J connectivity index is 1.35. The number of hydrogen-bond donors (Lipinski definition) is 0. The molecule has 2 fully saturated rings. The molecule has 0 radical (unpaired) electrons. The lowest BCUT2D eigenvalue weighted by molar-refractivity contribution is 0.0739. The third kappa shape index (κ3) is 4.55. The molecule has 0 saturated carbocycles. The van der Waals surface area contributed by atoms with Crippen molar-refractivity contribution >= 4 is 17.8 Å². The van der Waals surface area contributed by atoms with Crippen LogP contribution < -0.4 is 4.90 Å². The standard InChI is InChI=1S/C22H27N5O2/c28-20(25-12-3-1-2-4-13-25)18-6-8-19(9-7-18)21(29)26-14-16-27(17-15-26)22-23-10-5-11-24-22/h5-11H,1-4,12-17H2. The molecular weight excluding hydrogens is 366 g/mol. The van der Waals surface area contributed by atoms with Gasteiger partial charge in [0.25, 0.3) is 11.8 Å². The number of carbonyl (C=O) groups is 2. The van der Waals surface area contributed by atoms with E-state index in [0.29, 0.717) is 43.3 Å².